The lowest BCUT2D eigenvalue weighted by atomic mass is 9.97. The van der Waals surface area contributed by atoms with E-state index in [1.54, 1.807) is 12.1 Å². The highest BCUT2D eigenvalue weighted by Crippen LogP contribution is 2.35. The maximum absolute atomic E-state index is 13.9. The van der Waals surface area contributed by atoms with E-state index in [2.05, 4.69) is 29.3 Å². The molecule has 4 aromatic carbocycles. The Balaban J connectivity index is 1.31. The Bertz CT molecular complexity index is 2070. The average molecular weight is 621 g/mol. The summed E-state index contributed by atoms with van der Waals surface area (Å²) in [6, 6.07) is 26.7. The third kappa shape index (κ3) is 6.12. The van der Waals surface area contributed by atoms with Gasteiger partial charge in [-0.05, 0) is 71.7 Å². The van der Waals surface area contributed by atoms with Gasteiger partial charge >= 0.3 is 5.97 Å². The van der Waals surface area contributed by atoms with Gasteiger partial charge in [0.2, 0.25) is 0 Å². The quantitative estimate of drug-likeness (QED) is 0.190. The molecule has 1 aliphatic heterocycles. The Morgan fingerprint density at radius 3 is 2.44 bits per heavy atom. The molecule has 0 aliphatic carbocycles. The van der Waals surface area contributed by atoms with Gasteiger partial charge < -0.3 is 18.9 Å². The maximum atomic E-state index is 13.9. The van der Waals surface area contributed by atoms with Crippen molar-refractivity contribution in [1.29, 1.82) is 0 Å². The molecule has 0 unspecified atom stereocenters. The number of hydrogen-bond donors (Lipinski definition) is 0. The minimum atomic E-state index is -0.754. The first kappa shape index (κ1) is 29.9. The molecule has 45 heavy (non-hydrogen) atoms. The Labute approximate surface area is 264 Å². The lowest BCUT2D eigenvalue weighted by molar-refractivity contribution is -0.136. The summed E-state index contributed by atoms with van der Waals surface area (Å²) in [7, 11) is 1.31. The topological polar surface area (TPSA) is 88.4 Å². The van der Waals surface area contributed by atoms with Gasteiger partial charge in [-0.2, -0.15) is 0 Å². The van der Waals surface area contributed by atoms with E-state index in [1.807, 2.05) is 68.5 Å². The number of carbonyl (C=O) groups is 1. The predicted octanol–water partition coefficient (Wildman–Crippen LogP) is 5.55. The maximum Gasteiger partial charge on any atom is 0.337 e. The number of esters is 1. The van der Waals surface area contributed by atoms with Gasteiger partial charge in [-0.3, -0.25) is 9.36 Å². The van der Waals surface area contributed by atoms with E-state index < -0.39 is 12.0 Å². The zero-order valence-corrected chi connectivity index (χ0v) is 26.0. The van der Waals surface area contributed by atoms with Crippen LogP contribution in [0.5, 0.6) is 17.2 Å². The number of rotatable bonds is 10. The average Bonchev–Trinajstić information content (AvgIpc) is 3.39. The predicted molar refractivity (Wildman–Crippen MR) is 175 cm³/mol. The molecule has 0 bridgehead atoms. The smallest absolute Gasteiger partial charge is 0.337 e. The van der Waals surface area contributed by atoms with Crippen LogP contribution in [-0.4, -0.2) is 30.9 Å². The van der Waals surface area contributed by atoms with E-state index in [1.165, 1.54) is 40.0 Å². The molecular weight excluding hydrogens is 588 g/mol. The fourth-order valence-corrected chi connectivity index (χ4v) is 6.35. The molecular formula is C36H32N2O6S. The molecule has 5 aromatic rings. The highest BCUT2D eigenvalue weighted by Gasteiger charge is 2.31. The molecule has 1 atom stereocenters. The van der Waals surface area contributed by atoms with E-state index in [9.17, 15) is 9.59 Å². The summed E-state index contributed by atoms with van der Waals surface area (Å²) < 4.78 is 24.7. The van der Waals surface area contributed by atoms with Crippen molar-refractivity contribution in [1.82, 2.24) is 4.57 Å². The summed E-state index contributed by atoms with van der Waals surface area (Å²) in [6.45, 7) is 5.12. The Kier molecular flexibility index (Phi) is 8.79. The fourth-order valence-electron chi connectivity index (χ4n) is 5.38. The third-order valence-corrected chi connectivity index (χ3v) is 8.46. The minimum Gasteiger partial charge on any atom is -0.490 e. The number of benzene rings is 4. The van der Waals surface area contributed by atoms with Gasteiger partial charge in [0, 0.05) is 6.20 Å². The molecule has 0 saturated carbocycles. The number of hydrogen-bond acceptors (Lipinski definition) is 8. The van der Waals surface area contributed by atoms with Gasteiger partial charge in [0.15, 0.2) is 16.3 Å². The van der Waals surface area contributed by atoms with Crippen LogP contribution in [0.1, 0.15) is 36.6 Å². The molecule has 2 heterocycles. The number of carbonyl (C=O) groups excluding carboxylic acids is 1. The van der Waals surface area contributed by atoms with Gasteiger partial charge in [-0.15, -0.1) is 0 Å². The molecule has 0 saturated heterocycles. The molecule has 228 valence electrons. The van der Waals surface area contributed by atoms with Crippen LogP contribution in [0.25, 0.3) is 16.8 Å². The number of ether oxygens (including phenoxy) is 4. The lowest BCUT2D eigenvalue weighted by Gasteiger charge is -2.23. The van der Waals surface area contributed by atoms with Gasteiger partial charge in [-0.1, -0.05) is 72.0 Å². The summed E-state index contributed by atoms with van der Waals surface area (Å²) in [6.07, 6.45) is 3.30. The van der Waals surface area contributed by atoms with Crippen LogP contribution in [0, 0.1) is 0 Å². The van der Waals surface area contributed by atoms with Gasteiger partial charge in [-0.25, -0.2) is 9.79 Å². The summed E-state index contributed by atoms with van der Waals surface area (Å²) in [5.74, 6) is 1.28. The second kappa shape index (κ2) is 13.2. The van der Waals surface area contributed by atoms with Crippen LogP contribution in [0.15, 0.2) is 106 Å². The van der Waals surface area contributed by atoms with Gasteiger partial charge in [0.25, 0.3) is 5.56 Å². The first-order valence-corrected chi connectivity index (χ1v) is 15.5. The van der Waals surface area contributed by atoms with Crippen molar-refractivity contribution in [2.75, 3.05) is 20.3 Å². The second-order valence-electron chi connectivity index (χ2n) is 10.2. The molecule has 0 radical (unpaired) electrons. The van der Waals surface area contributed by atoms with Crippen molar-refractivity contribution < 1.29 is 23.7 Å². The number of methoxy groups -OCH3 is 1. The Hall–Kier alpha value is -5.15. The normalized spacial score (nSPS) is 14.3. The van der Waals surface area contributed by atoms with Crippen LogP contribution >= 0.6 is 11.3 Å². The summed E-state index contributed by atoms with van der Waals surface area (Å²) in [4.78, 5) is 31.7. The lowest BCUT2D eigenvalue weighted by Crippen LogP contribution is -2.39. The van der Waals surface area contributed by atoms with Gasteiger partial charge in [0.05, 0.1) is 36.5 Å². The van der Waals surface area contributed by atoms with Crippen molar-refractivity contribution in [3.05, 3.63) is 133 Å². The molecule has 1 aliphatic rings. The van der Waals surface area contributed by atoms with E-state index >= 15 is 0 Å². The Morgan fingerprint density at radius 2 is 1.67 bits per heavy atom. The number of fused-ring (bicyclic) bond motifs is 2. The summed E-state index contributed by atoms with van der Waals surface area (Å²) >= 11 is 1.26. The van der Waals surface area contributed by atoms with Crippen LogP contribution in [0.4, 0.5) is 0 Å². The van der Waals surface area contributed by atoms with Crippen molar-refractivity contribution in [2.24, 2.45) is 4.99 Å². The molecule has 9 heteroatoms. The Morgan fingerprint density at radius 1 is 0.911 bits per heavy atom. The monoisotopic (exact) mass is 620 g/mol. The van der Waals surface area contributed by atoms with Crippen LogP contribution < -0.4 is 29.1 Å². The van der Waals surface area contributed by atoms with Crippen molar-refractivity contribution >= 4 is 34.2 Å². The van der Waals surface area contributed by atoms with Crippen molar-refractivity contribution in [2.45, 2.75) is 26.5 Å². The first-order valence-electron chi connectivity index (χ1n) is 14.7. The molecule has 0 N–H and O–H groups in total. The van der Waals surface area contributed by atoms with Gasteiger partial charge in [0.1, 0.15) is 12.4 Å². The third-order valence-electron chi connectivity index (χ3n) is 7.46. The zero-order valence-electron chi connectivity index (χ0n) is 25.2. The highest BCUT2D eigenvalue weighted by molar-refractivity contribution is 7.07. The van der Waals surface area contributed by atoms with Crippen LogP contribution in [-0.2, 0) is 16.1 Å². The van der Waals surface area contributed by atoms with Crippen LogP contribution in [0.3, 0.4) is 0 Å². The number of thiazole rings is 1. The van der Waals surface area contributed by atoms with Crippen molar-refractivity contribution in [3.8, 4) is 17.2 Å². The highest BCUT2D eigenvalue weighted by atomic mass is 32.1. The van der Waals surface area contributed by atoms with E-state index in [0.29, 0.717) is 46.2 Å². The molecule has 6 rings (SSSR count). The molecule has 0 amide bonds. The number of nitrogens with zero attached hydrogens (tertiary/aromatic N) is 2. The van der Waals surface area contributed by atoms with Crippen LogP contribution in [0.2, 0.25) is 0 Å². The second-order valence-corrected chi connectivity index (χ2v) is 11.3. The van der Waals surface area contributed by atoms with E-state index in [0.717, 1.165) is 16.9 Å². The molecule has 0 fully saturated rings. The SMILES string of the molecule is CCOc1ccc([C@@H]2C(C(=O)OC)=CN=c3s/c(=C\c4ccc(OCc5cccc6ccccc56)cc4)c(=O)n32)cc1OCC. The standard InChI is InChI=1S/C36H32N2O6S/c1-4-42-30-18-15-25(20-31(30)43-5-2)33-29(35(40)41-3)21-37-36-38(33)34(39)32(45-36)19-23-13-16-27(17-14-23)44-22-26-11-8-10-24-9-6-7-12-28(24)26/h6-21,33H,4-5,22H2,1-3H3/b32-19-/t33-/m1/s1. The molecule has 1 aromatic heterocycles. The zero-order chi connectivity index (χ0) is 31.3. The summed E-state index contributed by atoms with van der Waals surface area (Å²) in [5, 5.41) is 2.34. The summed E-state index contributed by atoms with van der Waals surface area (Å²) in [5.41, 5.74) is 2.60. The minimum absolute atomic E-state index is 0.246. The fraction of sp³-hybridized carbons (Fsp3) is 0.194. The van der Waals surface area contributed by atoms with Crippen molar-refractivity contribution in [3.63, 3.8) is 0 Å². The molecule has 0 spiro atoms. The largest absolute Gasteiger partial charge is 0.490 e. The molecule has 8 nitrogen and oxygen atoms in total. The number of aromatic nitrogens is 1. The first-order chi connectivity index (χ1) is 22.0. The van der Waals surface area contributed by atoms with E-state index in [4.69, 9.17) is 18.9 Å². The van der Waals surface area contributed by atoms with E-state index in [-0.39, 0.29) is 11.1 Å².